The Morgan fingerprint density at radius 2 is 1.29 bits per heavy atom. The summed E-state index contributed by atoms with van der Waals surface area (Å²) in [5.74, 6) is -1.10. The molecule has 70 valence electrons. The van der Waals surface area contributed by atoms with Crippen molar-refractivity contribution in [2.24, 2.45) is 22.3 Å². The maximum Gasteiger partial charge on any atom is 0.522 e. The maximum absolute atomic E-state index is 9.95. The number of rotatable bonds is 2. The van der Waals surface area contributed by atoms with Gasteiger partial charge < -0.3 is 0 Å². The van der Waals surface area contributed by atoms with Gasteiger partial charge in [0.05, 0.1) is 9.91 Å². The summed E-state index contributed by atoms with van der Waals surface area (Å²) in [7, 11) is 0. The zero-order valence-electron chi connectivity index (χ0n) is 7.76. The molecule has 0 amide bonds. The Kier molecular flexibility index (Phi) is 6.44. The number of nitrogens with zero attached hydrogens (tertiary/aromatic N) is 4. The van der Waals surface area contributed by atoms with E-state index in [1.807, 2.05) is 0 Å². The normalized spacial score (nSPS) is 13.0. The minimum absolute atomic E-state index is 0.552. The molecule has 0 heterocycles. The summed E-state index contributed by atoms with van der Waals surface area (Å²) in [6.07, 6.45) is 3.26. The van der Waals surface area contributed by atoms with Crippen LogP contribution in [0.5, 0.6) is 0 Å². The Morgan fingerprint density at radius 1 is 0.929 bits per heavy atom. The van der Waals surface area contributed by atoms with E-state index in [4.69, 9.17) is 0 Å². The molecule has 14 heavy (non-hydrogen) atoms. The van der Waals surface area contributed by atoms with Crippen LogP contribution in [0.25, 0.3) is 9.91 Å². The Hall–Kier alpha value is -2.08. The largest absolute Gasteiger partial charge is 0.522 e. The van der Waals surface area contributed by atoms with Crippen LogP contribution in [0.2, 0.25) is 0 Å². The van der Waals surface area contributed by atoms with E-state index in [0.29, 0.717) is 0 Å². The molecule has 0 aliphatic rings. The topological polar surface area (TPSA) is 67.6 Å². The Bertz CT molecular complexity index is 308. The first-order valence-corrected chi connectivity index (χ1v) is 3.76. The van der Waals surface area contributed by atoms with E-state index in [1.165, 1.54) is 0 Å². The number of hydrogen-bond acceptors (Lipinski definition) is 4. The van der Waals surface area contributed by atoms with Crippen molar-refractivity contribution in [3.05, 3.63) is 9.91 Å². The summed E-state index contributed by atoms with van der Waals surface area (Å²) in [4.78, 5) is 26.5. The highest BCUT2D eigenvalue weighted by molar-refractivity contribution is 5.58. The van der Waals surface area contributed by atoms with E-state index in [9.17, 15) is 9.59 Å². The van der Waals surface area contributed by atoms with Gasteiger partial charge in [0.1, 0.15) is 11.8 Å². The van der Waals surface area contributed by atoms with Gasteiger partial charge in [-0.1, -0.05) is 0 Å². The quantitative estimate of drug-likeness (QED) is 0.490. The smallest absolute Gasteiger partial charge is 0.289 e. The molecule has 0 aliphatic carbocycles. The SMILES string of the molecule is CC([C]=O)C#[N+]N=N[N+]#CC(C)[C]=O. The fourth-order valence-electron chi connectivity index (χ4n) is 0.318. The zero-order valence-corrected chi connectivity index (χ0v) is 7.76. The lowest BCUT2D eigenvalue weighted by Crippen LogP contribution is -1.87. The lowest BCUT2D eigenvalue weighted by atomic mass is 10.2. The Balaban J connectivity index is 4.03. The summed E-state index contributed by atoms with van der Waals surface area (Å²) >= 11 is 0. The van der Waals surface area contributed by atoms with Gasteiger partial charge in [0.25, 0.3) is 0 Å². The third-order valence-corrected chi connectivity index (χ3v) is 0.986. The molecule has 0 aromatic heterocycles. The highest BCUT2D eigenvalue weighted by Crippen LogP contribution is 1.89. The summed E-state index contributed by atoms with van der Waals surface area (Å²) in [5, 5.41) is 6.33. The van der Waals surface area contributed by atoms with E-state index in [-0.39, 0.29) is 0 Å². The molecular weight excluding hydrogens is 184 g/mol. The molecule has 2 atom stereocenters. The van der Waals surface area contributed by atoms with Crippen LogP contribution < -0.4 is 0 Å². The average molecular weight is 192 g/mol. The van der Waals surface area contributed by atoms with Gasteiger partial charge in [-0.3, -0.25) is 9.59 Å². The molecule has 0 N–H and O–H groups in total. The van der Waals surface area contributed by atoms with Gasteiger partial charge in [-0.2, -0.15) is 0 Å². The van der Waals surface area contributed by atoms with Crippen LogP contribution in [0, 0.1) is 24.0 Å². The molecule has 0 saturated heterocycles. The molecule has 0 fully saturated rings. The van der Waals surface area contributed by atoms with E-state index < -0.39 is 11.8 Å². The van der Waals surface area contributed by atoms with E-state index in [1.54, 1.807) is 26.4 Å². The predicted octanol–water partition coefficient (Wildman–Crippen LogP) is 1.43. The first-order valence-electron chi connectivity index (χ1n) is 3.76. The van der Waals surface area contributed by atoms with Crippen molar-refractivity contribution in [2.45, 2.75) is 13.8 Å². The highest BCUT2D eigenvalue weighted by Gasteiger charge is 2.03. The molecule has 0 aromatic rings. The van der Waals surface area contributed by atoms with Crippen LogP contribution in [-0.2, 0) is 9.59 Å². The van der Waals surface area contributed by atoms with Gasteiger partial charge >= 0.3 is 10.4 Å². The van der Waals surface area contributed by atoms with Crippen molar-refractivity contribution >= 4 is 12.6 Å². The molecule has 0 aromatic carbocycles. The molecule has 0 rings (SSSR count). The first-order chi connectivity index (χ1) is 6.70. The second kappa shape index (κ2) is 7.56. The predicted molar refractivity (Wildman–Crippen MR) is 49.1 cm³/mol. The average Bonchev–Trinajstić information content (AvgIpc) is 2.22. The van der Waals surface area contributed by atoms with E-state index in [0.717, 1.165) is 0 Å². The van der Waals surface area contributed by atoms with Gasteiger partial charge in [0.2, 0.25) is 24.7 Å². The van der Waals surface area contributed by atoms with Gasteiger partial charge in [-0.05, 0) is 13.8 Å². The van der Waals surface area contributed by atoms with Crippen molar-refractivity contribution in [1.82, 2.24) is 0 Å². The van der Waals surface area contributed by atoms with Crippen molar-refractivity contribution in [1.29, 1.82) is 0 Å². The van der Waals surface area contributed by atoms with Crippen LogP contribution in [0.15, 0.2) is 10.4 Å². The molecule has 0 aliphatic heterocycles. The minimum atomic E-state index is -0.552. The molecule has 2 unspecified atom stereocenters. The number of hydrogen-bond donors (Lipinski definition) is 0. The van der Waals surface area contributed by atoms with Gasteiger partial charge in [0, 0.05) is 0 Å². The summed E-state index contributed by atoms with van der Waals surface area (Å²) in [6.45, 7) is 3.09. The van der Waals surface area contributed by atoms with Crippen LogP contribution in [0.4, 0.5) is 0 Å². The Morgan fingerprint density at radius 3 is 1.57 bits per heavy atom. The monoisotopic (exact) mass is 192 g/mol. The maximum atomic E-state index is 9.95. The van der Waals surface area contributed by atoms with Crippen molar-refractivity contribution in [3.8, 4) is 12.1 Å². The van der Waals surface area contributed by atoms with Crippen LogP contribution in [0.3, 0.4) is 0 Å². The second-order valence-corrected chi connectivity index (χ2v) is 2.32. The summed E-state index contributed by atoms with van der Waals surface area (Å²) in [6, 6.07) is 4.62. The zero-order chi connectivity index (χ0) is 10.8. The third-order valence-electron chi connectivity index (χ3n) is 0.986. The third kappa shape index (κ3) is 6.62. The van der Waals surface area contributed by atoms with Crippen molar-refractivity contribution in [2.75, 3.05) is 0 Å². The minimum Gasteiger partial charge on any atom is -0.289 e. The van der Waals surface area contributed by atoms with Gasteiger partial charge in [-0.25, -0.2) is 0 Å². The molecule has 2 radical (unpaired) electrons. The number of carbonyl (C=O) groups excluding carboxylic acids is 2. The Labute approximate surface area is 81.2 Å². The molecule has 6 nitrogen and oxygen atoms in total. The lowest BCUT2D eigenvalue weighted by Gasteiger charge is -1.71. The highest BCUT2D eigenvalue weighted by atomic mass is 16.1. The summed E-state index contributed by atoms with van der Waals surface area (Å²) in [5.41, 5.74) is 0. The van der Waals surface area contributed by atoms with Crippen molar-refractivity contribution in [3.63, 3.8) is 0 Å². The molecular formula is C8H8N4O2+2. The molecule has 6 heteroatoms. The van der Waals surface area contributed by atoms with Gasteiger partial charge in [-0.15, -0.1) is 0 Å². The van der Waals surface area contributed by atoms with Crippen LogP contribution >= 0.6 is 0 Å². The first kappa shape index (κ1) is 11.9. The van der Waals surface area contributed by atoms with E-state index >= 15 is 0 Å². The van der Waals surface area contributed by atoms with Gasteiger partial charge in [0.15, 0.2) is 0 Å². The van der Waals surface area contributed by atoms with Crippen LogP contribution in [-0.4, -0.2) is 12.6 Å². The van der Waals surface area contributed by atoms with Crippen molar-refractivity contribution < 1.29 is 9.59 Å². The molecule has 0 spiro atoms. The fourth-order valence-corrected chi connectivity index (χ4v) is 0.318. The standard InChI is InChI=1S/C8H8N4O2/c1-7(5-13)3-9-11-12-10-4-8(2)6-14/h7-8H,1-2H3/q+2. The lowest BCUT2D eigenvalue weighted by molar-refractivity contribution is 0.544. The molecule has 0 saturated carbocycles. The van der Waals surface area contributed by atoms with E-state index in [2.05, 4.69) is 32.5 Å². The second-order valence-electron chi connectivity index (χ2n) is 2.32. The summed E-state index contributed by atoms with van der Waals surface area (Å²) < 4.78 is 0. The van der Waals surface area contributed by atoms with Crippen LogP contribution in [0.1, 0.15) is 13.8 Å². The fraction of sp³-hybridized carbons (Fsp3) is 0.500. The molecule has 0 bridgehead atoms.